The highest BCUT2D eigenvalue weighted by molar-refractivity contribution is 6.28. The van der Waals surface area contributed by atoms with Crippen molar-refractivity contribution in [2.45, 2.75) is 32.3 Å². The van der Waals surface area contributed by atoms with Crippen LogP contribution in [0.15, 0.2) is 0 Å². The zero-order valence-electron chi connectivity index (χ0n) is 10.4. The Hall–Kier alpha value is -1.14. The zero-order valence-corrected chi connectivity index (χ0v) is 11.2. The van der Waals surface area contributed by atoms with Crippen LogP contribution in [-0.4, -0.2) is 40.8 Å². The molecule has 1 aliphatic heterocycles. The molecule has 1 atom stereocenters. The average Bonchev–Trinajstić information content (AvgIpc) is 2.37. The van der Waals surface area contributed by atoms with Crippen molar-refractivity contribution < 1.29 is 4.74 Å². The molecule has 0 spiro atoms. The number of rotatable bonds is 5. The number of hydrogen-bond acceptors (Lipinski definition) is 6. The SMILES string of the molecule is CCNc1nc(Cl)nc(NCC2CCCCO2)n1. The van der Waals surface area contributed by atoms with Crippen molar-refractivity contribution in [1.29, 1.82) is 0 Å². The van der Waals surface area contributed by atoms with Crippen molar-refractivity contribution in [3.05, 3.63) is 5.28 Å². The Morgan fingerprint density at radius 3 is 2.67 bits per heavy atom. The van der Waals surface area contributed by atoms with Gasteiger partial charge in [0.15, 0.2) is 0 Å². The minimum Gasteiger partial charge on any atom is -0.376 e. The second-order valence-corrected chi connectivity index (χ2v) is 4.49. The Labute approximate surface area is 112 Å². The van der Waals surface area contributed by atoms with Crippen molar-refractivity contribution >= 4 is 23.5 Å². The van der Waals surface area contributed by atoms with Gasteiger partial charge in [-0.15, -0.1) is 0 Å². The zero-order chi connectivity index (χ0) is 12.8. The van der Waals surface area contributed by atoms with Gasteiger partial charge in [-0.25, -0.2) is 0 Å². The summed E-state index contributed by atoms with van der Waals surface area (Å²) in [5, 5.41) is 6.34. The molecule has 0 amide bonds. The van der Waals surface area contributed by atoms with E-state index in [2.05, 4.69) is 25.6 Å². The van der Waals surface area contributed by atoms with Crippen LogP contribution < -0.4 is 10.6 Å². The maximum atomic E-state index is 5.83. The predicted molar refractivity (Wildman–Crippen MR) is 71.1 cm³/mol. The van der Waals surface area contributed by atoms with Crippen molar-refractivity contribution in [3.8, 4) is 0 Å². The largest absolute Gasteiger partial charge is 0.376 e. The summed E-state index contributed by atoms with van der Waals surface area (Å²) in [4.78, 5) is 12.2. The highest BCUT2D eigenvalue weighted by atomic mass is 35.5. The fraction of sp³-hybridized carbons (Fsp3) is 0.727. The van der Waals surface area contributed by atoms with Crippen LogP contribution in [-0.2, 0) is 4.74 Å². The van der Waals surface area contributed by atoms with Gasteiger partial charge in [-0.3, -0.25) is 0 Å². The maximum absolute atomic E-state index is 5.83. The molecule has 2 N–H and O–H groups in total. The Balaban J connectivity index is 1.91. The van der Waals surface area contributed by atoms with Gasteiger partial charge in [0.1, 0.15) is 0 Å². The first-order valence-corrected chi connectivity index (χ1v) is 6.66. The molecule has 0 radical (unpaired) electrons. The van der Waals surface area contributed by atoms with Gasteiger partial charge < -0.3 is 15.4 Å². The summed E-state index contributed by atoms with van der Waals surface area (Å²) in [7, 11) is 0. The van der Waals surface area contributed by atoms with Crippen LogP contribution in [0.1, 0.15) is 26.2 Å². The molecule has 100 valence electrons. The highest BCUT2D eigenvalue weighted by Gasteiger charge is 2.14. The predicted octanol–water partition coefficient (Wildman–Crippen LogP) is 1.94. The number of nitrogens with zero attached hydrogens (tertiary/aromatic N) is 3. The molecule has 1 fully saturated rings. The molecule has 18 heavy (non-hydrogen) atoms. The molecule has 1 aromatic heterocycles. The van der Waals surface area contributed by atoms with Crippen LogP contribution in [0.2, 0.25) is 5.28 Å². The quantitative estimate of drug-likeness (QED) is 0.853. The van der Waals surface area contributed by atoms with Crippen LogP contribution in [0.5, 0.6) is 0 Å². The van der Waals surface area contributed by atoms with Crippen molar-refractivity contribution in [1.82, 2.24) is 15.0 Å². The standard InChI is InChI=1S/C11H18ClN5O/c1-2-13-10-15-9(12)16-11(17-10)14-7-8-5-3-4-6-18-8/h8H,2-7H2,1H3,(H2,13,14,15,16,17). The molecule has 7 heteroatoms. The first kappa shape index (κ1) is 13.3. The lowest BCUT2D eigenvalue weighted by atomic mass is 10.1. The van der Waals surface area contributed by atoms with Crippen LogP contribution >= 0.6 is 11.6 Å². The molecule has 2 rings (SSSR count). The van der Waals surface area contributed by atoms with Gasteiger partial charge in [0.25, 0.3) is 0 Å². The Bertz CT molecular complexity index is 384. The molecular weight excluding hydrogens is 254 g/mol. The van der Waals surface area contributed by atoms with E-state index in [1.54, 1.807) is 0 Å². The van der Waals surface area contributed by atoms with E-state index in [1.807, 2.05) is 6.92 Å². The van der Waals surface area contributed by atoms with E-state index in [9.17, 15) is 0 Å². The van der Waals surface area contributed by atoms with Crippen molar-refractivity contribution in [2.24, 2.45) is 0 Å². The van der Waals surface area contributed by atoms with E-state index in [4.69, 9.17) is 16.3 Å². The molecule has 0 aliphatic carbocycles. The topological polar surface area (TPSA) is 72.0 Å². The fourth-order valence-electron chi connectivity index (χ4n) is 1.84. The van der Waals surface area contributed by atoms with E-state index in [1.165, 1.54) is 6.42 Å². The minimum atomic E-state index is 0.188. The molecule has 1 aromatic rings. The fourth-order valence-corrected chi connectivity index (χ4v) is 2.00. The van der Waals surface area contributed by atoms with Crippen molar-refractivity contribution in [3.63, 3.8) is 0 Å². The molecule has 6 nitrogen and oxygen atoms in total. The number of ether oxygens (including phenoxy) is 1. The summed E-state index contributed by atoms with van der Waals surface area (Å²) in [5.41, 5.74) is 0. The molecule has 0 bridgehead atoms. The molecule has 1 unspecified atom stereocenters. The monoisotopic (exact) mass is 271 g/mol. The third-order valence-electron chi connectivity index (χ3n) is 2.70. The van der Waals surface area contributed by atoms with E-state index >= 15 is 0 Å². The maximum Gasteiger partial charge on any atom is 0.228 e. The van der Waals surface area contributed by atoms with Crippen LogP contribution in [0.25, 0.3) is 0 Å². The second-order valence-electron chi connectivity index (χ2n) is 4.15. The minimum absolute atomic E-state index is 0.188. The average molecular weight is 272 g/mol. The molecule has 1 saturated heterocycles. The van der Waals surface area contributed by atoms with Crippen LogP contribution in [0.4, 0.5) is 11.9 Å². The van der Waals surface area contributed by atoms with Gasteiger partial charge in [0.05, 0.1) is 6.10 Å². The van der Waals surface area contributed by atoms with Gasteiger partial charge in [-0.05, 0) is 37.8 Å². The van der Waals surface area contributed by atoms with E-state index in [0.717, 1.165) is 26.0 Å². The molecule has 0 saturated carbocycles. The summed E-state index contributed by atoms with van der Waals surface area (Å²) >= 11 is 5.83. The van der Waals surface area contributed by atoms with E-state index < -0.39 is 0 Å². The summed E-state index contributed by atoms with van der Waals surface area (Å²) in [6.45, 7) is 4.25. The second kappa shape index (κ2) is 6.70. The van der Waals surface area contributed by atoms with Gasteiger partial charge in [0.2, 0.25) is 17.2 Å². The van der Waals surface area contributed by atoms with Gasteiger partial charge >= 0.3 is 0 Å². The first-order chi connectivity index (χ1) is 8.78. The first-order valence-electron chi connectivity index (χ1n) is 6.29. The summed E-state index contributed by atoms with van der Waals surface area (Å²) in [6.07, 6.45) is 3.68. The Morgan fingerprint density at radius 1 is 1.22 bits per heavy atom. The number of nitrogens with one attached hydrogen (secondary N) is 2. The smallest absolute Gasteiger partial charge is 0.228 e. The lowest BCUT2D eigenvalue weighted by Crippen LogP contribution is -2.27. The number of hydrogen-bond donors (Lipinski definition) is 2. The lowest BCUT2D eigenvalue weighted by Gasteiger charge is -2.22. The summed E-state index contributed by atoms with van der Waals surface area (Å²) < 4.78 is 5.63. The van der Waals surface area contributed by atoms with Crippen LogP contribution in [0, 0.1) is 0 Å². The molecule has 2 heterocycles. The number of halogens is 1. The Morgan fingerprint density at radius 2 is 2.00 bits per heavy atom. The van der Waals surface area contributed by atoms with Gasteiger partial charge in [-0.2, -0.15) is 15.0 Å². The lowest BCUT2D eigenvalue weighted by molar-refractivity contribution is 0.0246. The third-order valence-corrected chi connectivity index (χ3v) is 2.87. The molecule has 0 aromatic carbocycles. The normalized spacial score (nSPS) is 19.6. The van der Waals surface area contributed by atoms with E-state index in [-0.39, 0.29) is 11.4 Å². The third kappa shape index (κ3) is 3.96. The summed E-state index contributed by atoms with van der Waals surface area (Å²) in [6, 6.07) is 0. The van der Waals surface area contributed by atoms with E-state index in [0.29, 0.717) is 18.4 Å². The van der Waals surface area contributed by atoms with Gasteiger partial charge in [0, 0.05) is 19.7 Å². The van der Waals surface area contributed by atoms with Crippen molar-refractivity contribution in [2.75, 3.05) is 30.3 Å². The highest BCUT2D eigenvalue weighted by Crippen LogP contribution is 2.14. The summed E-state index contributed by atoms with van der Waals surface area (Å²) in [5.74, 6) is 0.977. The van der Waals surface area contributed by atoms with Gasteiger partial charge in [-0.1, -0.05) is 0 Å². The number of anilines is 2. The van der Waals surface area contributed by atoms with Crippen LogP contribution in [0.3, 0.4) is 0 Å². The Kier molecular flexibility index (Phi) is 4.95. The molecular formula is C11H18ClN5O. The number of aromatic nitrogens is 3. The molecule has 1 aliphatic rings.